The molecule has 0 unspecified atom stereocenters. The number of amides is 1. The third-order valence-corrected chi connectivity index (χ3v) is 7.33. The Kier molecular flexibility index (Phi) is 5.73. The summed E-state index contributed by atoms with van der Waals surface area (Å²) in [4.78, 5) is 14.0. The number of aromatic nitrogens is 2. The predicted molar refractivity (Wildman–Crippen MR) is 111 cm³/mol. The van der Waals surface area contributed by atoms with E-state index in [0.717, 1.165) is 24.2 Å². The third-order valence-electron chi connectivity index (χ3n) is 4.51. The van der Waals surface area contributed by atoms with Crippen molar-refractivity contribution in [3.63, 3.8) is 0 Å². The van der Waals surface area contributed by atoms with Crippen LogP contribution in [0.1, 0.15) is 30.5 Å². The molecule has 1 N–H and O–H groups in total. The second-order valence-corrected chi connectivity index (χ2v) is 9.45. The number of nitrogens with zero attached hydrogens (tertiary/aromatic N) is 3. The van der Waals surface area contributed by atoms with Crippen LogP contribution in [0.3, 0.4) is 0 Å². The van der Waals surface area contributed by atoms with E-state index in [4.69, 9.17) is 9.15 Å². The maximum Gasteiger partial charge on any atom is 0.311 e. The Bertz CT molecular complexity index is 1130. The van der Waals surface area contributed by atoms with E-state index in [2.05, 4.69) is 14.9 Å². The van der Waals surface area contributed by atoms with Crippen LogP contribution in [-0.2, 0) is 10.0 Å². The molecule has 1 saturated heterocycles. The Morgan fingerprint density at radius 3 is 2.67 bits per heavy atom. The van der Waals surface area contributed by atoms with Gasteiger partial charge in [0.1, 0.15) is 9.96 Å². The summed E-state index contributed by atoms with van der Waals surface area (Å²) in [5.74, 6) is 0.382. The number of hydrogen-bond donors (Lipinski definition) is 1. The van der Waals surface area contributed by atoms with Gasteiger partial charge in [-0.05, 0) is 50.1 Å². The Balaban J connectivity index is 1.48. The van der Waals surface area contributed by atoms with Crippen molar-refractivity contribution in [2.75, 3.05) is 24.4 Å². The highest BCUT2D eigenvalue weighted by molar-refractivity contribution is 7.94. The Hall–Kier alpha value is -2.92. The quantitative estimate of drug-likeness (QED) is 0.590. The molecular formula is C19H20N4O5S2. The highest BCUT2D eigenvalue weighted by Gasteiger charge is 2.26. The van der Waals surface area contributed by atoms with Crippen molar-refractivity contribution < 1.29 is 22.4 Å². The SMILES string of the molecule is CCOc1ccc(NS(=O)(=O)c2cc(-c3nnc(C(=O)N4CCCC4)o3)cs2)cc1. The molecule has 0 spiro atoms. The number of sulfonamides is 1. The van der Waals surface area contributed by atoms with Gasteiger partial charge in [-0.1, -0.05) is 0 Å². The zero-order chi connectivity index (χ0) is 21.1. The van der Waals surface area contributed by atoms with E-state index < -0.39 is 10.0 Å². The van der Waals surface area contributed by atoms with Crippen LogP contribution in [0.15, 0.2) is 44.3 Å². The molecule has 4 rings (SSSR count). The van der Waals surface area contributed by atoms with Crippen molar-refractivity contribution in [2.24, 2.45) is 0 Å². The molecule has 1 fully saturated rings. The number of carbonyl (C=O) groups is 1. The lowest BCUT2D eigenvalue weighted by molar-refractivity contribution is 0.0754. The predicted octanol–water partition coefficient (Wildman–Crippen LogP) is 3.23. The minimum Gasteiger partial charge on any atom is -0.494 e. The summed E-state index contributed by atoms with van der Waals surface area (Å²) in [6.07, 6.45) is 1.92. The van der Waals surface area contributed by atoms with Crippen LogP contribution < -0.4 is 9.46 Å². The van der Waals surface area contributed by atoms with E-state index in [-0.39, 0.29) is 21.9 Å². The molecule has 0 bridgehead atoms. The van der Waals surface area contributed by atoms with Crippen molar-refractivity contribution in [2.45, 2.75) is 24.0 Å². The molecule has 1 aromatic carbocycles. The van der Waals surface area contributed by atoms with Crippen molar-refractivity contribution in [1.82, 2.24) is 15.1 Å². The number of nitrogens with one attached hydrogen (secondary N) is 1. The van der Waals surface area contributed by atoms with E-state index in [9.17, 15) is 13.2 Å². The van der Waals surface area contributed by atoms with Crippen molar-refractivity contribution in [3.05, 3.63) is 41.6 Å². The van der Waals surface area contributed by atoms with E-state index in [1.54, 1.807) is 34.5 Å². The largest absolute Gasteiger partial charge is 0.494 e. The fourth-order valence-corrected chi connectivity index (χ4v) is 5.25. The zero-order valence-electron chi connectivity index (χ0n) is 16.2. The maximum absolute atomic E-state index is 12.7. The van der Waals surface area contributed by atoms with Gasteiger partial charge in [0.05, 0.1) is 12.2 Å². The lowest BCUT2D eigenvalue weighted by atomic mass is 10.3. The Labute approximate surface area is 177 Å². The number of likely N-dealkylation sites (tertiary alicyclic amines) is 1. The number of hydrogen-bond acceptors (Lipinski definition) is 8. The Morgan fingerprint density at radius 2 is 1.97 bits per heavy atom. The smallest absolute Gasteiger partial charge is 0.311 e. The van der Waals surface area contributed by atoms with Crippen molar-refractivity contribution >= 4 is 33.0 Å². The van der Waals surface area contributed by atoms with E-state index in [1.165, 1.54) is 6.07 Å². The van der Waals surface area contributed by atoms with Crippen LogP contribution in [0.2, 0.25) is 0 Å². The second-order valence-electron chi connectivity index (χ2n) is 6.63. The van der Waals surface area contributed by atoms with Crippen LogP contribution in [0.25, 0.3) is 11.5 Å². The van der Waals surface area contributed by atoms with Gasteiger partial charge in [-0.2, -0.15) is 0 Å². The summed E-state index contributed by atoms with van der Waals surface area (Å²) in [5, 5.41) is 9.32. The second kappa shape index (κ2) is 8.44. The van der Waals surface area contributed by atoms with Crippen LogP contribution in [0.4, 0.5) is 5.69 Å². The van der Waals surface area contributed by atoms with Gasteiger partial charge in [0.2, 0.25) is 5.89 Å². The van der Waals surface area contributed by atoms with Crippen LogP contribution in [-0.4, -0.2) is 49.1 Å². The first-order valence-electron chi connectivity index (χ1n) is 9.43. The minimum atomic E-state index is -3.79. The van der Waals surface area contributed by atoms with Gasteiger partial charge in [0.25, 0.3) is 10.0 Å². The van der Waals surface area contributed by atoms with E-state index >= 15 is 0 Å². The minimum absolute atomic E-state index is 0.0879. The van der Waals surface area contributed by atoms with Gasteiger partial charge >= 0.3 is 11.8 Å². The molecule has 0 aliphatic carbocycles. The van der Waals surface area contributed by atoms with Crippen LogP contribution in [0, 0.1) is 0 Å². The number of benzene rings is 1. The van der Waals surface area contributed by atoms with Gasteiger partial charge in [0.15, 0.2) is 0 Å². The number of carbonyl (C=O) groups excluding carboxylic acids is 1. The lowest BCUT2D eigenvalue weighted by Crippen LogP contribution is -2.27. The van der Waals surface area contributed by atoms with E-state index in [0.29, 0.717) is 36.7 Å². The molecule has 3 aromatic rings. The van der Waals surface area contributed by atoms with Crippen LogP contribution in [0.5, 0.6) is 5.75 Å². The summed E-state index contributed by atoms with van der Waals surface area (Å²) in [6, 6.07) is 8.09. The third kappa shape index (κ3) is 4.31. The van der Waals surface area contributed by atoms with Gasteiger partial charge < -0.3 is 14.1 Å². The molecule has 158 valence electrons. The molecule has 1 aliphatic rings. The fourth-order valence-electron chi connectivity index (χ4n) is 3.04. The molecule has 3 heterocycles. The van der Waals surface area contributed by atoms with Gasteiger partial charge in [-0.3, -0.25) is 9.52 Å². The lowest BCUT2D eigenvalue weighted by Gasteiger charge is -2.11. The summed E-state index contributed by atoms with van der Waals surface area (Å²) < 4.78 is 38.8. The Morgan fingerprint density at radius 1 is 1.23 bits per heavy atom. The monoisotopic (exact) mass is 448 g/mol. The average Bonchev–Trinajstić information content (AvgIpc) is 3.49. The molecule has 1 aliphatic heterocycles. The standard InChI is InChI=1S/C19H20N4O5S2/c1-2-27-15-7-5-14(6-8-15)22-30(25,26)16-11-13(12-29-16)17-20-21-18(28-17)19(24)23-9-3-4-10-23/h5-8,11-12,22H,2-4,9-10H2,1H3. The molecule has 0 atom stereocenters. The van der Waals surface area contributed by atoms with Crippen LogP contribution >= 0.6 is 11.3 Å². The van der Waals surface area contributed by atoms with Gasteiger partial charge in [-0.25, -0.2) is 8.42 Å². The molecule has 30 heavy (non-hydrogen) atoms. The number of thiophene rings is 1. The van der Waals surface area contributed by atoms with Crippen molar-refractivity contribution in [1.29, 1.82) is 0 Å². The first kappa shape index (κ1) is 20.4. The highest BCUT2D eigenvalue weighted by atomic mass is 32.2. The average molecular weight is 449 g/mol. The topological polar surface area (TPSA) is 115 Å². The number of anilines is 1. The normalized spacial score (nSPS) is 14.1. The van der Waals surface area contributed by atoms with Gasteiger partial charge in [-0.15, -0.1) is 21.5 Å². The van der Waals surface area contributed by atoms with Crippen molar-refractivity contribution in [3.8, 4) is 17.2 Å². The molecule has 0 saturated carbocycles. The summed E-state index contributed by atoms with van der Waals surface area (Å²) in [5.41, 5.74) is 0.865. The number of rotatable bonds is 7. The summed E-state index contributed by atoms with van der Waals surface area (Å²) in [6.45, 7) is 3.76. The molecule has 1 amide bonds. The van der Waals surface area contributed by atoms with Gasteiger partial charge in [0, 0.05) is 24.2 Å². The zero-order valence-corrected chi connectivity index (χ0v) is 17.8. The summed E-state index contributed by atoms with van der Waals surface area (Å²) in [7, 11) is -3.79. The highest BCUT2D eigenvalue weighted by Crippen LogP contribution is 2.29. The first-order valence-corrected chi connectivity index (χ1v) is 11.8. The van der Waals surface area contributed by atoms with E-state index in [1.807, 2.05) is 6.92 Å². The molecule has 11 heteroatoms. The molecule has 0 radical (unpaired) electrons. The number of ether oxygens (including phenoxy) is 1. The molecule has 2 aromatic heterocycles. The first-order chi connectivity index (χ1) is 14.5. The fraction of sp³-hybridized carbons (Fsp3) is 0.316. The maximum atomic E-state index is 12.7. The summed E-state index contributed by atoms with van der Waals surface area (Å²) >= 11 is 1.03. The molecular weight excluding hydrogens is 428 g/mol. The molecule has 9 nitrogen and oxygen atoms in total.